The maximum Gasteiger partial charge on any atom is 0.275 e. The molecule has 2 unspecified atom stereocenters. The summed E-state index contributed by atoms with van der Waals surface area (Å²) in [6.07, 6.45) is 0. The van der Waals surface area contributed by atoms with Crippen LogP contribution in [0.4, 0.5) is 5.69 Å². The number of hydrogen-bond donors (Lipinski definition) is 2. The van der Waals surface area contributed by atoms with Crippen LogP contribution in [0.1, 0.15) is 23.2 Å². The van der Waals surface area contributed by atoms with Gasteiger partial charge in [0.2, 0.25) is 0 Å². The highest BCUT2D eigenvalue weighted by molar-refractivity contribution is 7.80. The smallest absolute Gasteiger partial charge is 0.275 e. The van der Waals surface area contributed by atoms with E-state index in [0.717, 1.165) is 22.4 Å². The van der Waals surface area contributed by atoms with E-state index in [-0.39, 0.29) is 18.0 Å². The predicted octanol–water partition coefficient (Wildman–Crippen LogP) is 4.25. The molecule has 2 N–H and O–H groups in total. The maximum absolute atomic E-state index is 13.6. The van der Waals surface area contributed by atoms with Gasteiger partial charge in [0.05, 0.1) is 12.1 Å². The molecule has 0 fully saturated rings. The van der Waals surface area contributed by atoms with Gasteiger partial charge in [-0.3, -0.25) is 9.69 Å². The zero-order valence-electron chi connectivity index (χ0n) is 15.6. The van der Waals surface area contributed by atoms with Crippen molar-refractivity contribution in [3.63, 3.8) is 0 Å². The Labute approximate surface area is 174 Å². The summed E-state index contributed by atoms with van der Waals surface area (Å²) in [7, 11) is 0. The molecule has 29 heavy (non-hydrogen) atoms. The second-order valence-corrected chi connectivity index (χ2v) is 7.50. The number of carbonyl (C=O) groups is 1. The van der Waals surface area contributed by atoms with Crippen molar-refractivity contribution in [3.05, 3.63) is 113 Å². The monoisotopic (exact) mass is 397 g/mol. The van der Waals surface area contributed by atoms with E-state index in [2.05, 4.69) is 34.9 Å². The third-order valence-electron chi connectivity index (χ3n) is 5.38. The summed E-state index contributed by atoms with van der Waals surface area (Å²) in [6.45, 7) is 0. The number of carbonyl (C=O) groups excluding carboxylic acids is 1. The fourth-order valence-electron chi connectivity index (χ4n) is 4.15. The summed E-state index contributed by atoms with van der Waals surface area (Å²) in [5, 5.41) is 6.98. The van der Waals surface area contributed by atoms with Crippen LogP contribution in [0, 0.1) is 0 Å². The number of nitrogens with zero attached hydrogens (tertiary/aromatic N) is 1. The summed E-state index contributed by atoms with van der Waals surface area (Å²) < 4.78 is 0. The molecule has 0 aliphatic carbocycles. The van der Waals surface area contributed by atoms with E-state index in [1.165, 1.54) is 0 Å². The minimum absolute atomic E-state index is 0.0650. The topological polar surface area (TPSA) is 44.4 Å². The second kappa shape index (κ2) is 7.18. The summed E-state index contributed by atoms with van der Waals surface area (Å²) in [6, 6.07) is 29.7. The third-order valence-corrected chi connectivity index (χ3v) is 5.60. The van der Waals surface area contributed by atoms with Crippen LogP contribution >= 0.6 is 12.2 Å². The number of anilines is 1. The molecule has 0 radical (unpaired) electrons. The molecular formula is C24H19N3OS. The summed E-state index contributed by atoms with van der Waals surface area (Å²) in [4.78, 5) is 15.4. The zero-order valence-corrected chi connectivity index (χ0v) is 16.4. The number of amides is 1. The SMILES string of the molecule is O=C1C2=C(C(c3ccccc3)NC(=S)N2)C(c2ccccc2)N1c1ccccc1. The van der Waals surface area contributed by atoms with Crippen molar-refractivity contribution in [3.8, 4) is 0 Å². The largest absolute Gasteiger partial charge is 0.352 e. The molecule has 1 amide bonds. The molecule has 0 bridgehead atoms. The quantitative estimate of drug-likeness (QED) is 0.649. The minimum Gasteiger partial charge on any atom is -0.352 e. The molecule has 2 aliphatic heterocycles. The van der Waals surface area contributed by atoms with Gasteiger partial charge in [0.15, 0.2) is 5.11 Å². The highest BCUT2D eigenvalue weighted by Gasteiger charge is 2.46. The van der Waals surface area contributed by atoms with Crippen LogP contribution < -0.4 is 15.5 Å². The van der Waals surface area contributed by atoms with Crippen molar-refractivity contribution in [2.75, 3.05) is 4.90 Å². The molecule has 2 atom stereocenters. The first-order valence-corrected chi connectivity index (χ1v) is 9.95. The van der Waals surface area contributed by atoms with Gasteiger partial charge in [0.25, 0.3) is 5.91 Å². The van der Waals surface area contributed by atoms with E-state index in [9.17, 15) is 4.79 Å². The second-order valence-electron chi connectivity index (χ2n) is 7.10. The molecule has 0 saturated carbocycles. The summed E-state index contributed by atoms with van der Waals surface area (Å²) >= 11 is 5.44. The Kier molecular flexibility index (Phi) is 4.37. The lowest BCUT2D eigenvalue weighted by Gasteiger charge is -2.33. The number of rotatable bonds is 3. The molecule has 0 spiro atoms. The van der Waals surface area contributed by atoms with Gasteiger partial charge < -0.3 is 10.6 Å². The normalized spacial score (nSPS) is 20.9. The van der Waals surface area contributed by atoms with Crippen molar-refractivity contribution >= 4 is 28.9 Å². The van der Waals surface area contributed by atoms with E-state index in [1.807, 2.05) is 71.6 Å². The molecule has 3 aromatic rings. The van der Waals surface area contributed by atoms with Crippen molar-refractivity contribution < 1.29 is 4.79 Å². The van der Waals surface area contributed by atoms with Gasteiger partial charge in [-0.05, 0) is 35.5 Å². The lowest BCUT2D eigenvalue weighted by Crippen LogP contribution is -2.44. The van der Waals surface area contributed by atoms with Crippen LogP contribution in [-0.2, 0) is 4.79 Å². The van der Waals surface area contributed by atoms with Crippen molar-refractivity contribution in [2.24, 2.45) is 0 Å². The Morgan fingerprint density at radius 1 is 0.759 bits per heavy atom. The first kappa shape index (κ1) is 17.6. The number of thiocarbonyl (C=S) groups is 1. The molecule has 2 aliphatic rings. The number of benzene rings is 3. The van der Waals surface area contributed by atoms with Gasteiger partial charge in [0.1, 0.15) is 5.70 Å². The Balaban J connectivity index is 1.71. The minimum atomic E-state index is -0.227. The van der Waals surface area contributed by atoms with E-state index < -0.39 is 0 Å². The first-order valence-electron chi connectivity index (χ1n) is 9.54. The van der Waals surface area contributed by atoms with Crippen LogP contribution in [-0.4, -0.2) is 11.0 Å². The average Bonchev–Trinajstić information content (AvgIpc) is 3.07. The van der Waals surface area contributed by atoms with Gasteiger partial charge in [-0.2, -0.15) is 0 Å². The molecule has 142 valence electrons. The Morgan fingerprint density at radius 3 is 1.93 bits per heavy atom. The molecule has 0 saturated heterocycles. The van der Waals surface area contributed by atoms with E-state index in [1.54, 1.807) is 0 Å². The maximum atomic E-state index is 13.6. The molecule has 0 aromatic heterocycles. The highest BCUT2D eigenvalue weighted by Crippen LogP contribution is 2.46. The van der Waals surface area contributed by atoms with Crippen LogP contribution in [0.15, 0.2) is 102 Å². The molecule has 5 heteroatoms. The van der Waals surface area contributed by atoms with Gasteiger partial charge in [-0.15, -0.1) is 0 Å². The number of para-hydroxylation sites is 1. The van der Waals surface area contributed by atoms with E-state index >= 15 is 0 Å². The Hall–Kier alpha value is -3.44. The Bertz CT molecular complexity index is 1100. The number of hydrogen-bond acceptors (Lipinski definition) is 2. The van der Waals surface area contributed by atoms with E-state index in [0.29, 0.717) is 10.8 Å². The average molecular weight is 398 g/mol. The fraction of sp³-hybridized carbons (Fsp3) is 0.0833. The third kappa shape index (κ3) is 3.00. The zero-order chi connectivity index (χ0) is 19.8. The van der Waals surface area contributed by atoms with Crippen molar-refractivity contribution in [1.29, 1.82) is 0 Å². The highest BCUT2D eigenvalue weighted by atomic mass is 32.1. The van der Waals surface area contributed by atoms with Crippen molar-refractivity contribution in [1.82, 2.24) is 10.6 Å². The Morgan fingerprint density at radius 2 is 1.31 bits per heavy atom. The lowest BCUT2D eigenvalue weighted by atomic mass is 9.88. The first-order chi connectivity index (χ1) is 14.2. The van der Waals surface area contributed by atoms with Crippen LogP contribution in [0.25, 0.3) is 0 Å². The molecular weight excluding hydrogens is 378 g/mol. The van der Waals surface area contributed by atoms with Gasteiger partial charge in [0, 0.05) is 11.3 Å². The van der Waals surface area contributed by atoms with Crippen LogP contribution in [0.3, 0.4) is 0 Å². The molecule has 4 nitrogen and oxygen atoms in total. The fourth-order valence-corrected chi connectivity index (χ4v) is 4.37. The standard InChI is InChI=1S/C24H19N3OS/c28-23-21-19(20(25-24(29)26-21)16-10-4-1-5-11-16)22(17-12-6-2-7-13-17)27(23)18-14-8-3-9-15-18/h1-15,20,22H,(H2,25,26,29). The van der Waals surface area contributed by atoms with Gasteiger partial charge >= 0.3 is 0 Å². The van der Waals surface area contributed by atoms with Crippen LogP contribution in [0.5, 0.6) is 0 Å². The summed E-state index contributed by atoms with van der Waals surface area (Å²) in [5.74, 6) is -0.0650. The summed E-state index contributed by atoms with van der Waals surface area (Å²) in [5.41, 5.74) is 4.56. The molecule has 3 aromatic carbocycles. The van der Waals surface area contributed by atoms with E-state index in [4.69, 9.17) is 12.2 Å². The van der Waals surface area contributed by atoms with Gasteiger partial charge in [-0.25, -0.2) is 0 Å². The predicted molar refractivity (Wildman–Crippen MR) is 118 cm³/mol. The number of nitrogens with one attached hydrogen (secondary N) is 2. The molecule has 2 heterocycles. The lowest BCUT2D eigenvalue weighted by molar-refractivity contribution is -0.115. The van der Waals surface area contributed by atoms with Crippen LogP contribution in [0.2, 0.25) is 0 Å². The van der Waals surface area contributed by atoms with Crippen molar-refractivity contribution in [2.45, 2.75) is 12.1 Å². The van der Waals surface area contributed by atoms with Gasteiger partial charge in [-0.1, -0.05) is 78.9 Å². The molecule has 5 rings (SSSR count).